The first-order valence-electron chi connectivity index (χ1n) is 8.57. The van der Waals surface area contributed by atoms with Crippen LogP contribution in [0.1, 0.15) is 45.1 Å². The minimum Gasteiger partial charge on any atom is -0.361 e. The van der Waals surface area contributed by atoms with Crippen LogP contribution < -0.4 is 10.6 Å². The fourth-order valence-corrected chi connectivity index (χ4v) is 3.15. The third-order valence-electron chi connectivity index (χ3n) is 4.58. The van der Waals surface area contributed by atoms with E-state index in [0.29, 0.717) is 11.8 Å². The van der Waals surface area contributed by atoms with E-state index in [1.807, 2.05) is 44.2 Å². The molecule has 3 rings (SSSR count). The zero-order chi connectivity index (χ0) is 17.9. The minimum absolute atomic E-state index is 0.0880. The van der Waals surface area contributed by atoms with Crippen molar-refractivity contribution in [3.63, 3.8) is 0 Å². The van der Waals surface area contributed by atoms with Gasteiger partial charge in [0, 0.05) is 6.04 Å². The zero-order valence-corrected chi connectivity index (χ0v) is 14.5. The van der Waals surface area contributed by atoms with Crippen LogP contribution in [0.25, 0.3) is 0 Å². The van der Waals surface area contributed by atoms with Gasteiger partial charge in [0.25, 0.3) is 0 Å². The van der Waals surface area contributed by atoms with E-state index in [1.54, 1.807) is 0 Å². The molecular weight excluding hydrogens is 318 g/mol. The first kappa shape index (κ1) is 17.1. The molecule has 1 aliphatic carbocycles. The second-order valence-corrected chi connectivity index (χ2v) is 6.93. The van der Waals surface area contributed by atoms with Crippen LogP contribution in [0, 0.1) is 10.1 Å². The van der Waals surface area contributed by atoms with Crippen molar-refractivity contribution in [1.29, 1.82) is 0 Å². The molecule has 0 aliphatic heterocycles. The SMILES string of the molecule is CC(C)(Nc1ncc([N+](=O)[O-])c(NC2CCCC2)n1)c1ccccc1. The Morgan fingerprint density at radius 3 is 2.52 bits per heavy atom. The lowest BCUT2D eigenvalue weighted by Gasteiger charge is -2.27. The summed E-state index contributed by atoms with van der Waals surface area (Å²) >= 11 is 0. The molecule has 7 nitrogen and oxygen atoms in total. The smallest absolute Gasteiger partial charge is 0.329 e. The molecule has 0 bridgehead atoms. The number of hydrogen-bond donors (Lipinski definition) is 2. The van der Waals surface area contributed by atoms with Gasteiger partial charge in [0.2, 0.25) is 11.8 Å². The van der Waals surface area contributed by atoms with E-state index in [0.717, 1.165) is 31.2 Å². The number of benzene rings is 1. The van der Waals surface area contributed by atoms with Gasteiger partial charge in [0.1, 0.15) is 6.20 Å². The molecule has 0 spiro atoms. The third-order valence-corrected chi connectivity index (χ3v) is 4.58. The van der Waals surface area contributed by atoms with Gasteiger partial charge in [-0.2, -0.15) is 4.98 Å². The van der Waals surface area contributed by atoms with Gasteiger partial charge in [-0.3, -0.25) is 10.1 Å². The van der Waals surface area contributed by atoms with Gasteiger partial charge < -0.3 is 10.6 Å². The van der Waals surface area contributed by atoms with Crippen LogP contribution in [0.15, 0.2) is 36.5 Å². The van der Waals surface area contributed by atoms with Gasteiger partial charge in [-0.15, -0.1) is 0 Å². The van der Waals surface area contributed by atoms with E-state index < -0.39 is 10.5 Å². The van der Waals surface area contributed by atoms with Crippen LogP contribution in [0.5, 0.6) is 0 Å². The number of aromatic nitrogens is 2. The Labute approximate surface area is 147 Å². The maximum atomic E-state index is 11.3. The van der Waals surface area contributed by atoms with Gasteiger partial charge in [0.15, 0.2) is 0 Å². The van der Waals surface area contributed by atoms with Crippen molar-refractivity contribution >= 4 is 17.5 Å². The van der Waals surface area contributed by atoms with Crippen molar-refractivity contribution < 1.29 is 4.92 Å². The predicted molar refractivity (Wildman–Crippen MR) is 97.7 cm³/mol. The summed E-state index contributed by atoms with van der Waals surface area (Å²) in [6, 6.07) is 10.2. The molecule has 1 aliphatic rings. The number of nitrogens with zero attached hydrogens (tertiary/aromatic N) is 3. The first-order valence-corrected chi connectivity index (χ1v) is 8.57. The Hall–Kier alpha value is -2.70. The Morgan fingerprint density at radius 2 is 1.88 bits per heavy atom. The highest BCUT2D eigenvalue weighted by Crippen LogP contribution is 2.29. The van der Waals surface area contributed by atoms with Gasteiger partial charge >= 0.3 is 5.69 Å². The van der Waals surface area contributed by atoms with Crippen molar-refractivity contribution in [2.24, 2.45) is 0 Å². The lowest BCUT2D eigenvalue weighted by atomic mass is 9.95. The van der Waals surface area contributed by atoms with E-state index >= 15 is 0 Å². The molecule has 1 aromatic carbocycles. The Kier molecular flexibility index (Phi) is 4.83. The molecule has 1 aromatic heterocycles. The molecule has 0 amide bonds. The molecule has 0 unspecified atom stereocenters. The van der Waals surface area contributed by atoms with Crippen LogP contribution in [-0.4, -0.2) is 20.9 Å². The summed E-state index contributed by atoms with van der Waals surface area (Å²) in [5.41, 5.74) is 0.597. The molecule has 1 heterocycles. The largest absolute Gasteiger partial charge is 0.361 e. The van der Waals surface area contributed by atoms with Gasteiger partial charge in [-0.05, 0) is 32.3 Å². The number of nitro groups is 1. The predicted octanol–water partition coefficient (Wildman–Crippen LogP) is 4.09. The fourth-order valence-electron chi connectivity index (χ4n) is 3.15. The van der Waals surface area contributed by atoms with E-state index in [1.165, 1.54) is 6.20 Å². The molecule has 0 saturated heterocycles. The van der Waals surface area contributed by atoms with Crippen molar-refractivity contribution in [2.45, 2.75) is 51.1 Å². The molecule has 132 valence electrons. The van der Waals surface area contributed by atoms with Crippen molar-refractivity contribution in [2.75, 3.05) is 10.6 Å². The summed E-state index contributed by atoms with van der Waals surface area (Å²) in [5, 5.41) is 17.8. The van der Waals surface area contributed by atoms with E-state index in [-0.39, 0.29) is 11.7 Å². The van der Waals surface area contributed by atoms with Crippen molar-refractivity contribution in [3.05, 3.63) is 52.2 Å². The second kappa shape index (κ2) is 7.04. The number of nitrogens with one attached hydrogen (secondary N) is 2. The molecule has 1 saturated carbocycles. The molecule has 25 heavy (non-hydrogen) atoms. The van der Waals surface area contributed by atoms with Crippen molar-refractivity contribution in [1.82, 2.24) is 9.97 Å². The zero-order valence-electron chi connectivity index (χ0n) is 14.5. The number of anilines is 2. The maximum absolute atomic E-state index is 11.3. The molecule has 7 heteroatoms. The van der Waals surface area contributed by atoms with E-state index in [9.17, 15) is 10.1 Å². The Balaban J connectivity index is 1.85. The highest BCUT2D eigenvalue weighted by molar-refractivity contribution is 5.58. The fraction of sp³-hybridized carbons (Fsp3) is 0.444. The summed E-state index contributed by atoms with van der Waals surface area (Å²) in [6.07, 6.45) is 5.58. The van der Waals surface area contributed by atoms with Gasteiger partial charge in [0.05, 0.1) is 10.5 Å². The van der Waals surface area contributed by atoms with E-state index in [2.05, 4.69) is 20.6 Å². The lowest BCUT2D eigenvalue weighted by molar-refractivity contribution is -0.384. The van der Waals surface area contributed by atoms with Crippen LogP contribution in [-0.2, 0) is 5.54 Å². The van der Waals surface area contributed by atoms with Crippen LogP contribution >= 0.6 is 0 Å². The molecule has 2 aromatic rings. The van der Waals surface area contributed by atoms with Crippen LogP contribution in [0.4, 0.5) is 17.5 Å². The highest BCUT2D eigenvalue weighted by Gasteiger charge is 2.25. The quantitative estimate of drug-likeness (QED) is 0.607. The molecular formula is C18H23N5O2. The molecule has 0 radical (unpaired) electrons. The summed E-state index contributed by atoms with van der Waals surface area (Å²) < 4.78 is 0. The third kappa shape index (κ3) is 4.04. The summed E-state index contributed by atoms with van der Waals surface area (Å²) in [4.78, 5) is 19.4. The summed E-state index contributed by atoms with van der Waals surface area (Å²) in [7, 11) is 0. The Bertz CT molecular complexity index is 742. The normalized spacial score (nSPS) is 15.1. The summed E-state index contributed by atoms with van der Waals surface area (Å²) in [6.45, 7) is 4.05. The monoisotopic (exact) mass is 341 g/mol. The van der Waals surface area contributed by atoms with Crippen molar-refractivity contribution in [3.8, 4) is 0 Å². The number of hydrogen-bond acceptors (Lipinski definition) is 6. The average molecular weight is 341 g/mol. The maximum Gasteiger partial charge on any atom is 0.329 e. The van der Waals surface area contributed by atoms with Gasteiger partial charge in [-0.25, -0.2) is 4.98 Å². The van der Waals surface area contributed by atoms with E-state index in [4.69, 9.17) is 0 Å². The Morgan fingerprint density at radius 1 is 1.20 bits per heavy atom. The molecule has 1 fully saturated rings. The topological polar surface area (TPSA) is 93.0 Å². The standard InChI is InChI=1S/C18H23N5O2/c1-18(2,13-8-4-3-5-9-13)22-17-19-12-15(23(24)25)16(21-17)20-14-10-6-7-11-14/h3-5,8-9,12,14H,6-7,10-11H2,1-2H3,(H2,19,20,21,22). The first-order chi connectivity index (χ1) is 12.0. The second-order valence-electron chi connectivity index (χ2n) is 6.93. The minimum atomic E-state index is -0.441. The van der Waals surface area contributed by atoms with Crippen LogP contribution in [0.3, 0.4) is 0 Å². The average Bonchev–Trinajstić information content (AvgIpc) is 3.08. The lowest BCUT2D eigenvalue weighted by Crippen LogP contribution is -2.29. The molecule has 2 N–H and O–H groups in total. The highest BCUT2D eigenvalue weighted by atomic mass is 16.6. The van der Waals surface area contributed by atoms with Crippen LogP contribution in [0.2, 0.25) is 0 Å². The molecule has 0 atom stereocenters. The van der Waals surface area contributed by atoms with Gasteiger partial charge in [-0.1, -0.05) is 43.2 Å². The summed E-state index contributed by atoms with van der Waals surface area (Å²) in [5.74, 6) is 0.665. The number of rotatable bonds is 6.